The topological polar surface area (TPSA) is 58.7 Å². The van der Waals surface area contributed by atoms with Crippen molar-refractivity contribution in [3.05, 3.63) is 23.8 Å². The van der Waals surface area contributed by atoms with Crippen LogP contribution in [0.15, 0.2) is 18.2 Å². The van der Waals surface area contributed by atoms with E-state index in [0.717, 1.165) is 16.9 Å². The molecule has 0 atom stereocenters. The third-order valence-electron chi connectivity index (χ3n) is 3.55. The smallest absolute Gasteiger partial charge is 0.0865 e. The van der Waals surface area contributed by atoms with E-state index in [4.69, 9.17) is 10.5 Å². The van der Waals surface area contributed by atoms with Crippen LogP contribution in [-0.2, 0) is 4.74 Å². The van der Waals surface area contributed by atoms with E-state index in [1.807, 2.05) is 37.1 Å². The second-order valence-corrected chi connectivity index (χ2v) is 5.26. The largest absolute Gasteiger partial charge is 0.397 e. The molecule has 0 aliphatic carbocycles. The lowest BCUT2D eigenvalue weighted by atomic mass is 9.93. The number of aryl methyl sites for hydroxylation is 1. The fraction of sp³-hybridized carbons (Fsp3) is 0.571. The van der Waals surface area contributed by atoms with Crippen LogP contribution >= 0.6 is 0 Å². The van der Waals surface area contributed by atoms with Crippen molar-refractivity contribution >= 4 is 11.4 Å². The lowest BCUT2D eigenvalue weighted by molar-refractivity contribution is -0.0572. The molecule has 0 bridgehead atoms. The van der Waals surface area contributed by atoms with Gasteiger partial charge in [0.25, 0.3) is 0 Å². The first-order valence-electron chi connectivity index (χ1n) is 6.38. The maximum absolute atomic E-state index is 10.5. The van der Waals surface area contributed by atoms with Crippen molar-refractivity contribution in [3.63, 3.8) is 0 Å². The van der Waals surface area contributed by atoms with Crippen LogP contribution in [0.4, 0.5) is 11.4 Å². The number of hydrogen-bond acceptors (Lipinski definition) is 4. The van der Waals surface area contributed by atoms with Crippen molar-refractivity contribution < 1.29 is 9.84 Å². The van der Waals surface area contributed by atoms with Crippen molar-refractivity contribution in [2.75, 3.05) is 37.4 Å². The normalized spacial score (nSPS) is 18.6. The van der Waals surface area contributed by atoms with Crippen molar-refractivity contribution in [2.24, 2.45) is 0 Å². The van der Waals surface area contributed by atoms with Gasteiger partial charge in [-0.15, -0.1) is 0 Å². The summed E-state index contributed by atoms with van der Waals surface area (Å²) in [6.45, 7) is 3.87. The molecule has 4 heteroatoms. The lowest BCUT2D eigenvalue weighted by Crippen LogP contribution is -2.45. The highest BCUT2D eigenvalue weighted by molar-refractivity contribution is 5.68. The van der Waals surface area contributed by atoms with E-state index in [1.165, 1.54) is 0 Å². The maximum atomic E-state index is 10.5. The zero-order chi connectivity index (χ0) is 13.2. The summed E-state index contributed by atoms with van der Waals surface area (Å²) in [6, 6.07) is 6.00. The van der Waals surface area contributed by atoms with Crippen LogP contribution in [0.2, 0.25) is 0 Å². The molecule has 2 rings (SSSR count). The molecule has 0 unspecified atom stereocenters. The van der Waals surface area contributed by atoms with E-state index < -0.39 is 5.60 Å². The third-order valence-corrected chi connectivity index (χ3v) is 3.55. The fourth-order valence-electron chi connectivity index (χ4n) is 2.46. The summed E-state index contributed by atoms with van der Waals surface area (Å²) in [4.78, 5) is 2.03. The first-order valence-corrected chi connectivity index (χ1v) is 6.38. The SMILES string of the molecule is Cc1ccc(N(C)CC2(O)CCOCC2)c(N)c1. The number of ether oxygens (including phenoxy) is 1. The van der Waals surface area contributed by atoms with E-state index >= 15 is 0 Å². The standard InChI is InChI=1S/C14H22N2O2/c1-11-3-4-13(12(15)9-11)16(2)10-14(17)5-7-18-8-6-14/h3-4,9,17H,5-8,10,15H2,1-2H3. The Bertz CT molecular complexity index is 414. The molecular formula is C14H22N2O2. The molecule has 1 aliphatic rings. The van der Waals surface area contributed by atoms with Gasteiger partial charge in [-0.2, -0.15) is 0 Å². The van der Waals surface area contributed by atoms with Gasteiger partial charge in [0.05, 0.1) is 17.0 Å². The van der Waals surface area contributed by atoms with Crippen molar-refractivity contribution in [3.8, 4) is 0 Å². The third kappa shape index (κ3) is 2.94. The Kier molecular flexibility index (Phi) is 3.78. The Balaban J connectivity index is 2.08. The highest BCUT2D eigenvalue weighted by Crippen LogP contribution is 2.27. The summed E-state index contributed by atoms with van der Waals surface area (Å²) < 4.78 is 5.29. The van der Waals surface area contributed by atoms with E-state index in [2.05, 4.69) is 0 Å². The zero-order valence-corrected chi connectivity index (χ0v) is 11.1. The van der Waals surface area contributed by atoms with Crippen LogP contribution in [0, 0.1) is 6.92 Å². The van der Waals surface area contributed by atoms with Gasteiger partial charge in [-0.25, -0.2) is 0 Å². The number of nitrogen functional groups attached to an aromatic ring is 1. The highest BCUT2D eigenvalue weighted by atomic mass is 16.5. The minimum atomic E-state index is -0.662. The molecule has 3 N–H and O–H groups in total. The maximum Gasteiger partial charge on any atom is 0.0865 e. The van der Waals surface area contributed by atoms with Gasteiger partial charge in [-0.1, -0.05) is 6.07 Å². The molecule has 18 heavy (non-hydrogen) atoms. The molecule has 1 heterocycles. The van der Waals surface area contributed by atoms with Gasteiger partial charge in [0.1, 0.15) is 0 Å². The molecule has 0 amide bonds. The zero-order valence-electron chi connectivity index (χ0n) is 11.1. The number of likely N-dealkylation sites (N-methyl/N-ethyl adjacent to an activating group) is 1. The number of nitrogens with two attached hydrogens (primary N) is 1. The molecule has 0 aromatic heterocycles. The summed E-state index contributed by atoms with van der Waals surface area (Å²) in [6.07, 6.45) is 1.37. The van der Waals surface area contributed by atoms with Crippen LogP contribution in [0.3, 0.4) is 0 Å². The first-order chi connectivity index (χ1) is 8.50. The Labute approximate surface area is 108 Å². The van der Waals surface area contributed by atoms with Gasteiger partial charge >= 0.3 is 0 Å². The molecule has 1 saturated heterocycles. The van der Waals surface area contributed by atoms with Gasteiger partial charge < -0.3 is 20.5 Å². The summed E-state index contributed by atoms with van der Waals surface area (Å²) in [5.41, 5.74) is 8.24. The number of rotatable bonds is 3. The van der Waals surface area contributed by atoms with E-state index in [-0.39, 0.29) is 0 Å². The molecule has 0 saturated carbocycles. The van der Waals surface area contributed by atoms with Gasteiger partial charge in [0.2, 0.25) is 0 Å². The number of anilines is 2. The fourth-order valence-corrected chi connectivity index (χ4v) is 2.46. The predicted molar refractivity (Wildman–Crippen MR) is 73.9 cm³/mol. The van der Waals surface area contributed by atoms with Gasteiger partial charge in [0, 0.05) is 39.6 Å². The summed E-state index contributed by atoms with van der Waals surface area (Å²) in [5.74, 6) is 0. The molecule has 0 radical (unpaired) electrons. The van der Waals surface area contributed by atoms with E-state index in [0.29, 0.717) is 32.6 Å². The predicted octanol–water partition coefficient (Wildman–Crippen LogP) is 1.55. The highest BCUT2D eigenvalue weighted by Gasteiger charge is 2.31. The number of nitrogens with zero attached hydrogens (tertiary/aromatic N) is 1. The van der Waals surface area contributed by atoms with Crippen LogP contribution < -0.4 is 10.6 Å². The van der Waals surface area contributed by atoms with Crippen molar-refractivity contribution in [1.82, 2.24) is 0 Å². The molecule has 100 valence electrons. The number of hydrogen-bond donors (Lipinski definition) is 2. The Morgan fingerprint density at radius 1 is 1.39 bits per heavy atom. The summed E-state index contributed by atoms with van der Waals surface area (Å²) in [7, 11) is 1.97. The van der Waals surface area contributed by atoms with Crippen LogP contribution in [-0.4, -0.2) is 37.5 Å². The van der Waals surface area contributed by atoms with Gasteiger partial charge in [0.15, 0.2) is 0 Å². The Hall–Kier alpha value is -1.26. The molecule has 1 aromatic rings. The molecule has 4 nitrogen and oxygen atoms in total. The lowest BCUT2D eigenvalue weighted by Gasteiger charge is -2.36. The Morgan fingerprint density at radius 3 is 2.67 bits per heavy atom. The quantitative estimate of drug-likeness (QED) is 0.799. The van der Waals surface area contributed by atoms with Crippen LogP contribution in [0.5, 0.6) is 0 Å². The molecule has 1 fully saturated rings. The van der Waals surface area contributed by atoms with Crippen molar-refractivity contribution in [1.29, 1.82) is 0 Å². The second kappa shape index (κ2) is 5.16. The van der Waals surface area contributed by atoms with Crippen LogP contribution in [0.1, 0.15) is 18.4 Å². The Morgan fingerprint density at radius 2 is 2.06 bits per heavy atom. The number of benzene rings is 1. The summed E-state index contributed by atoms with van der Waals surface area (Å²) >= 11 is 0. The second-order valence-electron chi connectivity index (χ2n) is 5.26. The monoisotopic (exact) mass is 250 g/mol. The average Bonchev–Trinajstić information content (AvgIpc) is 2.28. The molecule has 0 spiro atoms. The average molecular weight is 250 g/mol. The number of aliphatic hydroxyl groups is 1. The molecule has 1 aliphatic heterocycles. The van der Waals surface area contributed by atoms with E-state index in [9.17, 15) is 5.11 Å². The minimum absolute atomic E-state index is 0.587. The van der Waals surface area contributed by atoms with Crippen LogP contribution in [0.25, 0.3) is 0 Å². The first kappa shape index (κ1) is 13.2. The van der Waals surface area contributed by atoms with E-state index in [1.54, 1.807) is 0 Å². The molecular weight excluding hydrogens is 228 g/mol. The van der Waals surface area contributed by atoms with Gasteiger partial charge in [-0.05, 0) is 24.6 Å². The minimum Gasteiger partial charge on any atom is -0.397 e. The molecule has 1 aromatic carbocycles. The summed E-state index contributed by atoms with van der Waals surface area (Å²) in [5, 5.41) is 10.5. The van der Waals surface area contributed by atoms with Crippen molar-refractivity contribution in [2.45, 2.75) is 25.4 Å². The van der Waals surface area contributed by atoms with Gasteiger partial charge in [-0.3, -0.25) is 0 Å².